The number of rotatable bonds is 4. The Morgan fingerprint density at radius 1 is 1.17 bits per heavy atom. The van der Waals surface area contributed by atoms with Crippen molar-refractivity contribution < 1.29 is 9.59 Å². The first kappa shape index (κ1) is 15.3. The van der Waals surface area contributed by atoms with Crippen LogP contribution >= 0.6 is 0 Å². The molecule has 1 aliphatic heterocycles. The third kappa shape index (κ3) is 3.28. The summed E-state index contributed by atoms with van der Waals surface area (Å²) in [6.45, 7) is 4.56. The second-order valence-electron chi connectivity index (χ2n) is 6.15. The zero-order valence-electron chi connectivity index (χ0n) is 13.4. The summed E-state index contributed by atoms with van der Waals surface area (Å²) in [5.74, 6) is -0.0271. The van der Waals surface area contributed by atoms with Gasteiger partial charge in [0.05, 0.1) is 6.04 Å². The van der Waals surface area contributed by atoms with Crippen LogP contribution in [-0.4, -0.2) is 39.9 Å². The van der Waals surface area contributed by atoms with Gasteiger partial charge < -0.3 is 14.8 Å². The summed E-state index contributed by atoms with van der Waals surface area (Å²) in [4.78, 5) is 26.0. The summed E-state index contributed by atoms with van der Waals surface area (Å²) in [6, 6.07) is 11.4. The number of nitrogens with one attached hydrogen (secondary N) is 1. The second-order valence-corrected chi connectivity index (χ2v) is 6.15. The molecule has 2 amide bonds. The normalized spacial score (nSPS) is 17.8. The molecule has 2 aromatic rings. The van der Waals surface area contributed by atoms with Crippen molar-refractivity contribution in [2.75, 3.05) is 6.54 Å². The minimum Gasteiger partial charge on any atom is -0.347 e. The molecular formula is C18H21N3O2. The first-order chi connectivity index (χ1) is 11.0. The molecule has 0 radical (unpaired) electrons. The molecule has 1 aliphatic rings. The average Bonchev–Trinajstić information content (AvgIpc) is 3.17. The topological polar surface area (TPSA) is 54.3 Å². The van der Waals surface area contributed by atoms with Crippen LogP contribution in [0.15, 0.2) is 48.8 Å². The van der Waals surface area contributed by atoms with Gasteiger partial charge in [-0.1, -0.05) is 0 Å². The Morgan fingerprint density at radius 2 is 1.83 bits per heavy atom. The van der Waals surface area contributed by atoms with Crippen LogP contribution in [0.3, 0.4) is 0 Å². The standard InChI is InChI=1S/C18H21N3O2/c1-13(2)21-12-15(11-17(21)22)19-18(23)14-5-7-16(8-6-14)20-9-3-4-10-20/h3-10,13,15H,11-12H2,1-2H3,(H,19,23). The number of carbonyl (C=O) groups is 2. The van der Waals surface area contributed by atoms with Gasteiger partial charge in [0.15, 0.2) is 0 Å². The molecule has 0 aliphatic carbocycles. The van der Waals surface area contributed by atoms with E-state index in [1.165, 1.54) is 0 Å². The fourth-order valence-electron chi connectivity index (χ4n) is 2.89. The van der Waals surface area contributed by atoms with E-state index >= 15 is 0 Å². The van der Waals surface area contributed by atoms with Crippen molar-refractivity contribution in [3.63, 3.8) is 0 Å². The summed E-state index contributed by atoms with van der Waals surface area (Å²) in [7, 11) is 0. The lowest BCUT2D eigenvalue weighted by Crippen LogP contribution is -2.38. The van der Waals surface area contributed by atoms with E-state index in [0.717, 1.165) is 5.69 Å². The van der Waals surface area contributed by atoms with E-state index in [1.54, 1.807) is 4.90 Å². The van der Waals surface area contributed by atoms with Gasteiger partial charge in [0.1, 0.15) is 0 Å². The maximum Gasteiger partial charge on any atom is 0.251 e. The third-order valence-electron chi connectivity index (χ3n) is 4.15. The van der Waals surface area contributed by atoms with Crippen LogP contribution in [0.1, 0.15) is 30.6 Å². The third-order valence-corrected chi connectivity index (χ3v) is 4.15. The van der Waals surface area contributed by atoms with Gasteiger partial charge in [-0.3, -0.25) is 9.59 Å². The van der Waals surface area contributed by atoms with E-state index in [-0.39, 0.29) is 23.9 Å². The zero-order valence-corrected chi connectivity index (χ0v) is 13.4. The van der Waals surface area contributed by atoms with Crippen molar-refractivity contribution in [1.82, 2.24) is 14.8 Å². The van der Waals surface area contributed by atoms with Crippen molar-refractivity contribution in [3.8, 4) is 5.69 Å². The Balaban J connectivity index is 1.64. The zero-order chi connectivity index (χ0) is 16.4. The second kappa shape index (κ2) is 6.28. The van der Waals surface area contributed by atoms with Crippen LogP contribution in [0, 0.1) is 0 Å². The first-order valence-electron chi connectivity index (χ1n) is 7.88. The maximum absolute atomic E-state index is 12.3. The Labute approximate surface area is 135 Å². The quantitative estimate of drug-likeness (QED) is 0.941. The number of hydrogen-bond acceptors (Lipinski definition) is 2. The number of aromatic nitrogens is 1. The molecule has 2 heterocycles. The summed E-state index contributed by atoms with van der Waals surface area (Å²) >= 11 is 0. The summed E-state index contributed by atoms with van der Waals surface area (Å²) in [6.07, 6.45) is 4.30. The van der Waals surface area contributed by atoms with Gasteiger partial charge in [0.25, 0.3) is 5.91 Å². The lowest BCUT2D eigenvalue weighted by atomic mass is 10.1. The number of hydrogen-bond donors (Lipinski definition) is 1. The smallest absolute Gasteiger partial charge is 0.251 e. The number of amides is 2. The Bertz CT molecular complexity index is 690. The molecule has 0 saturated carbocycles. The van der Waals surface area contributed by atoms with Gasteiger partial charge in [-0.25, -0.2) is 0 Å². The number of nitrogens with zero attached hydrogens (tertiary/aromatic N) is 2. The predicted octanol–water partition coefficient (Wildman–Crippen LogP) is 2.22. The van der Waals surface area contributed by atoms with E-state index < -0.39 is 0 Å². The molecule has 1 unspecified atom stereocenters. The van der Waals surface area contributed by atoms with Crippen LogP contribution < -0.4 is 5.32 Å². The molecule has 120 valence electrons. The fraction of sp³-hybridized carbons (Fsp3) is 0.333. The molecule has 0 bridgehead atoms. The van der Waals surface area contributed by atoms with Crippen LogP contribution in [0.25, 0.3) is 5.69 Å². The number of carbonyl (C=O) groups excluding carboxylic acids is 2. The summed E-state index contributed by atoms with van der Waals surface area (Å²) in [5.41, 5.74) is 1.62. The van der Waals surface area contributed by atoms with Crippen LogP contribution in [0.2, 0.25) is 0 Å². The highest BCUT2D eigenvalue weighted by molar-refractivity contribution is 5.95. The molecule has 1 fully saturated rings. The van der Waals surface area contributed by atoms with Crippen LogP contribution in [-0.2, 0) is 4.79 Å². The molecule has 1 atom stereocenters. The van der Waals surface area contributed by atoms with Crippen LogP contribution in [0.5, 0.6) is 0 Å². The Morgan fingerprint density at radius 3 is 2.39 bits per heavy atom. The van der Waals surface area contributed by atoms with Gasteiger partial charge in [-0.15, -0.1) is 0 Å². The Hall–Kier alpha value is -2.56. The molecule has 1 N–H and O–H groups in total. The van der Waals surface area contributed by atoms with Gasteiger partial charge in [0, 0.05) is 42.7 Å². The lowest BCUT2D eigenvalue weighted by molar-refractivity contribution is -0.129. The minimum atomic E-state index is -0.132. The highest BCUT2D eigenvalue weighted by Crippen LogP contribution is 2.15. The van der Waals surface area contributed by atoms with E-state index in [4.69, 9.17) is 0 Å². The first-order valence-corrected chi connectivity index (χ1v) is 7.88. The molecule has 5 nitrogen and oxygen atoms in total. The summed E-state index contributed by atoms with van der Waals surface area (Å²) in [5, 5.41) is 2.96. The van der Waals surface area contributed by atoms with Gasteiger partial charge in [-0.2, -0.15) is 0 Å². The largest absolute Gasteiger partial charge is 0.347 e. The van der Waals surface area contributed by atoms with Crippen molar-refractivity contribution >= 4 is 11.8 Å². The highest BCUT2D eigenvalue weighted by Gasteiger charge is 2.32. The lowest BCUT2D eigenvalue weighted by Gasteiger charge is -2.21. The average molecular weight is 311 g/mol. The predicted molar refractivity (Wildman–Crippen MR) is 88.5 cm³/mol. The highest BCUT2D eigenvalue weighted by atomic mass is 16.2. The number of benzene rings is 1. The monoisotopic (exact) mass is 311 g/mol. The molecule has 0 spiro atoms. The van der Waals surface area contributed by atoms with Crippen molar-refractivity contribution in [3.05, 3.63) is 54.4 Å². The van der Waals surface area contributed by atoms with Crippen molar-refractivity contribution in [1.29, 1.82) is 0 Å². The molecule has 5 heteroatoms. The van der Waals surface area contributed by atoms with Crippen molar-refractivity contribution in [2.45, 2.75) is 32.4 Å². The van der Waals surface area contributed by atoms with Gasteiger partial charge >= 0.3 is 0 Å². The van der Waals surface area contributed by atoms with Gasteiger partial charge in [0.2, 0.25) is 5.91 Å². The molecule has 3 rings (SSSR count). The maximum atomic E-state index is 12.3. The van der Waals surface area contributed by atoms with E-state index in [2.05, 4.69) is 5.32 Å². The van der Waals surface area contributed by atoms with Gasteiger partial charge in [-0.05, 0) is 50.2 Å². The minimum absolute atomic E-state index is 0.105. The molecule has 1 aromatic carbocycles. The van der Waals surface area contributed by atoms with Crippen molar-refractivity contribution in [2.24, 2.45) is 0 Å². The fourth-order valence-corrected chi connectivity index (χ4v) is 2.89. The van der Waals surface area contributed by atoms with E-state index in [9.17, 15) is 9.59 Å². The molecular weight excluding hydrogens is 290 g/mol. The van der Waals surface area contributed by atoms with Crippen LogP contribution in [0.4, 0.5) is 0 Å². The SMILES string of the molecule is CC(C)N1CC(NC(=O)c2ccc(-n3cccc3)cc2)CC1=O. The molecule has 1 saturated heterocycles. The van der Waals surface area contributed by atoms with E-state index in [0.29, 0.717) is 18.5 Å². The van der Waals surface area contributed by atoms with E-state index in [1.807, 2.05) is 67.2 Å². The summed E-state index contributed by atoms with van der Waals surface area (Å²) < 4.78 is 1.98. The molecule has 1 aromatic heterocycles. The number of likely N-dealkylation sites (tertiary alicyclic amines) is 1. The molecule has 23 heavy (non-hydrogen) atoms. The Kier molecular flexibility index (Phi) is 4.19.